The highest BCUT2D eigenvalue weighted by Crippen LogP contribution is 2.16. The van der Waals surface area contributed by atoms with Gasteiger partial charge < -0.3 is 4.90 Å². The van der Waals surface area contributed by atoms with Crippen LogP contribution in [0.4, 0.5) is 5.69 Å². The van der Waals surface area contributed by atoms with Gasteiger partial charge in [0.25, 0.3) is 0 Å². The maximum atomic E-state index is 2.40. The molecular weight excluding hydrogens is 230 g/mol. The van der Waals surface area contributed by atoms with Crippen LogP contribution in [-0.2, 0) is 6.42 Å². The van der Waals surface area contributed by atoms with Crippen LogP contribution in [0.3, 0.4) is 0 Å². The lowest BCUT2D eigenvalue weighted by Gasteiger charge is -2.21. The second kappa shape index (κ2) is 9.89. The molecule has 0 aliphatic rings. The van der Waals surface area contributed by atoms with Crippen molar-refractivity contribution < 1.29 is 0 Å². The van der Waals surface area contributed by atoms with Crippen LogP contribution >= 0.6 is 0 Å². The average Bonchev–Trinajstić information content (AvgIpc) is 2.45. The van der Waals surface area contributed by atoms with Gasteiger partial charge in [-0.05, 0) is 44.4 Å². The van der Waals surface area contributed by atoms with Crippen molar-refractivity contribution in [3.8, 4) is 0 Å². The Labute approximate surface area is 120 Å². The van der Waals surface area contributed by atoms with Gasteiger partial charge in [0.1, 0.15) is 0 Å². The average molecular weight is 261 g/mol. The summed E-state index contributed by atoms with van der Waals surface area (Å²) in [6.45, 7) is 8.89. The minimum atomic E-state index is 1.09. The Morgan fingerprint density at radius 3 is 1.89 bits per heavy atom. The topological polar surface area (TPSA) is 3.24 Å². The molecule has 0 saturated carbocycles. The summed E-state index contributed by atoms with van der Waals surface area (Å²) in [5, 5.41) is 0. The summed E-state index contributed by atoms with van der Waals surface area (Å²) in [5.41, 5.74) is 2.85. The number of benzene rings is 1. The summed E-state index contributed by atoms with van der Waals surface area (Å²) in [6, 6.07) is 9.16. The molecule has 0 N–H and O–H groups in total. The fourth-order valence-corrected chi connectivity index (χ4v) is 2.57. The smallest absolute Gasteiger partial charge is 0.0366 e. The Morgan fingerprint density at radius 1 is 0.737 bits per heavy atom. The molecule has 1 aromatic carbocycles. The van der Waals surface area contributed by atoms with Crippen LogP contribution in [0.2, 0.25) is 0 Å². The van der Waals surface area contributed by atoms with Crippen LogP contribution < -0.4 is 4.90 Å². The Hall–Kier alpha value is -0.980. The maximum absolute atomic E-state index is 2.40. The zero-order chi connectivity index (χ0) is 13.9. The van der Waals surface area contributed by atoms with Gasteiger partial charge >= 0.3 is 0 Å². The molecule has 1 aromatic rings. The van der Waals surface area contributed by atoms with Crippen molar-refractivity contribution >= 4 is 5.69 Å². The third-order valence-electron chi connectivity index (χ3n) is 3.88. The second-order valence-corrected chi connectivity index (χ2v) is 5.36. The number of nitrogens with zero attached hydrogens (tertiary/aromatic N) is 1. The van der Waals surface area contributed by atoms with E-state index in [2.05, 4.69) is 49.9 Å². The first kappa shape index (κ1) is 16.1. The molecule has 0 aliphatic carbocycles. The van der Waals surface area contributed by atoms with E-state index in [-0.39, 0.29) is 0 Å². The van der Waals surface area contributed by atoms with Gasteiger partial charge in [-0.15, -0.1) is 0 Å². The van der Waals surface area contributed by atoms with E-state index in [1.807, 2.05) is 0 Å². The lowest BCUT2D eigenvalue weighted by atomic mass is 10.0. The van der Waals surface area contributed by atoms with E-state index in [1.54, 1.807) is 0 Å². The van der Waals surface area contributed by atoms with Crippen molar-refractivity contribution in [2.45, 2.75) is 65.7 Å². The van der Waals surface area contributed by atoms with Gasteiger partial charge in [0, 0.05) is 18.8 Å². The van der Waals surface area contributed by atoms with Gasteiger partial charge in [-0.3, -0.25) is 0 Å². The largest absolute Gasteiger partial charge is 0.372 e. The third kappa shape index (κ3) is 6.13. The predicted molar refractivity (Wildman–Crippen MR) is 87.1 cm³/mol. The molecule has 0 saturated heterocycles. The lowest BCUT2D eigenvalue weighted by Crippen LogP contribution is -2.21. The van der Waals surface area contributed by atoms with Crippen LogP contribution in [0.1, 0.15) is 64.9 Å². The molecule has 0 aromatic heterocycles. The quantitative estimate of drug-likeness (QED) is 0.507. The molecule has 0 unspecified atom stereocenters. The molecule has 0 heterocycles. The summed E-state index contributed by atoms with van der Waals surface area (Å²) in [6.07, 6.45) is 9.53. The van der Waals surface area contributed by atoms with Crippen molar-refractivity contribution in [2.24, 2.45) is 0 Å². The van der Waals surface area contributed by atoms with E-state index in [9.17, 15) is 0 Å². The van der Waals surface area contributed by atoms with E-state index < -0.39 is 0 Å². The third-order valence-corrected chi connectivity index (χ3v) is 3.88. The first-order chi connectivity index (χ1) is 9.31. The van der Waals surface area contributed by atoms with Crippen molar-refractivity contribution in [3.63, 3.8) is 0 Å². The number of rotatable bonds is 10. The Balaban J connectivity index is 2.28. The molecule has 0 aliphatic heterocycles. The van der Waals surface area contributed by atoms with Gasteiger partial charge in [-0.2, -0.15) is 0 Å². The number of unbranched alkanes of at least 4 members (excludes halogenated alkanes) is 5. The van der Waals surface area contributed by atoms with Crippen LogP contribution in [0.25, 0.3) is 0 Å². The highest BCUT2D eigenvalue weighted by atomic mass is 15.1. The number of aryl methyl sites for hydroxylation is 1. The number of hydrogen-bond donors (Lipinski definition) is 0. The van der Waals surface area contributed by atoms with Gasteiger partial charge in [-0.1, -0.05) is 51.2 Å². The zero-order valence-electron chi connectivity index (χ0n) is 13.1. The molecule has 0 amide bonds. The SMILES string of the molecule is CCCCCCCCc1ccc(N(CC)CC)cc1. The molecule has 0 fully saturated rings. The monoisotopic (exact) mass is 261 g/mol. The first-order valence-electron chi connectivity index (χ1n) is 8.15. The van der Waals surface area contributed by atoms with Gasteiger partial charge in [0.15, 0.2) is 0 Å². The molecule has 1 nitrogen and oxygen atoms in total. The van der Waals surface area contributed by atoms with E-state index in [0.717, 1.165) is 13.1 Å². The van der Waals surface area contributed by atoms with Gasteiger partial charge in [0.2, 0.25) is 0 Å². The summed E-state index contributed by atoms with van der Waals surface area (Å²) >= 11 is 0. The minimum absolute atomic E-state index is 1.09. The summed E-state index contributed by atoms with van der Waals surface area (Å²) in [4.78, 5) is 2.40. The fourth-order valence-electron chi connectivity index (χ4n) is 2.57. The normalized spacial score (nSPS) is 10.7. The molecule has 1 heteroatoms. The van der Waals surface area contributed by atoms with Crippen LogP contribution in [-0.4, -0.2) is 13.1 Å². The van der Waals surface area contributed by atoms with Crippen molar-refractivity contribution in [1.29, 1.82) is 0 Å². The van der Waals surface area contributed by atoms with E-state index in [1.165, 1.54) is 56.2 Å². The molecule has 19 heavy (non-hydrogen) atoms. The molecule has 0 radical (unpaired) electrons. The Morgan fingerprint density at radius 2 is 1.32 bits per heavy atom. The maximum Gasteiger partial charge on any atom is 0.0366 e. The van der Waals surface area contributed by atoms with Crippen molar-refractivity contribution in [1.82, 2.24) is 0 Å². The fraction of sp³-hybridized carbons (Fsp3) is 0.667. The Kier molecular flexibility index (Phi) is 8.36. The van der Waals surface area contributed by atoms with Gasteiger partial charge in [-0.25, -0.2) is 0 Å². The van der Waals surface area contributed by atoms with Crippen LogP contribution in [0, 0.1) is 0 Å². The number of hydrogen-bond acceptors (Lipinski definition) is 1. The van der Waals surface area contributed by atoms with E-state index in [4.69, 9.17) is 0 Å². The molecule has 1 rings (SSSR count). The standard InChI is InChI=1S/C18H31N/c1-4-7-8-9-10-11-12-17-13-15-18(16-14-17)19(5-2)6-3/h13-16H,4-12H2,1-3H3. The summed E-state index contributed by atoms with van der Waals surface area (Å²) < 4.78 is 0. The molecule has 0 spiro atoms. The first-order valence-corrected chi connectivity index (χ1v) is 8.15. The zero-order valence-corrected chi connectivity index (χ0v) is 13.1. The summed E-state index contributed by atoms with van der Waals surface area (Å²) in [7, 11) is 0. The highest BCUT2D eigenvalue weighted by Gasteiger charge is 2.01. The van der Waals surface area contributed by atoms with Crippen LogP contribution in [0.5, 0.6) is 0 Å². The van der Waals surface area contributed by atoms with E-state index in [0.29, 0.717) is 0 Å². The van der Waals surface area contributed by atoms with Gasteiger partial charge in [0.05, 0.1) is 0 Å². The molecule has 108 valence electrons. The van der Waals surface area contributed by atoms with Crippen molar-refractivity contribution in [2.75, 3.05) is 18.0 Å². The minimum Gasteiger partial charge on any atom is -0.372 e. The summed E-state index contributed by atoms with van der Waals surface area (Å²) in [5.74, 6) is 0. The number of anilines is 1. The molecule has 0 bridgehead atoms. The van der Waals surface area contributed by atoms with Crippen LogP contribution in [0.15, 0.2) is 24.3 Å². The Bertz CT molecular complexity index is 311. The molecule has 0 atom stereocenters. The molecular formula is C18H31N. The second-order valence-electron chi connectivity index (χ2n) is 5.36. The lowest BCUT2D eigenvalue weighted by molar-refractivity contribution is 0.607. The predicted octanol–water partition coefficient (Wildman–Crippen LogP) is 5.44. The van der Waals surface area contributed by atoms with Crippen molar-refractivity contribution in [3.05, 3.63) is 29.8 Å². The van der Waals surface area contributed by atoms with E-state index >= 15 is 0 Å². The highest BCUT2D eigenvalue weighted by molar-refractivity contribution is 5.47.